The SMILES string of the molecule is NC(=O)NCCC(=O)N1CCc2ccccc2[C@H]1Cc1ccccc1. The molecule has 3 N–H and O–H groups in total. The summed E-state index contributed by atoms with van der Waals surface area (Å²) in [6.45, 7) is 0.967. The van der Waals surface area contributed by atoms with Crippen LogP contribution >= 0.6 is 0 Å². The van der Waals surface area contributed by atoms with E-state index in [9.17, 15) is 9.59 Å². The molecule has 130 valence electrons. The van der Waals surface area contributed by atoms with E-state index in [1.165, 1.54) is 16.7 Å². The molecular weight excluding hydrogens is 314 g/mol. The number of carbonyl (C=O) groups is 2. The Kier molecular flexibility index (Phi) is 5.33. The Bertz CT molecular complexity index is 746. The Hall–Kier alpha value is -2.82. The zero-order chi connectivity index (χ0) is 17.6. The van der Waals surface area contributed by atoms with Gasteiger partial charge in [-0.15, -0.1) is 0 Å². The van der Waals surface area contributed by atoms with Crippen molar-refractivity contribution < 1.29 is 9.59 Å². The average molecular weight is 337 g/mol. The van der Waals surface area contributed by atoms with Gasteiger partial charge in [0.25, 0.3) is 0 Å². The third kappa shape index (κ3) is 4.18. The van der Waals surface area contributed by atoms with Crippen molar-refractivity contribution in [2.75, 3.05) is 13.1 Å². The minimum absolute atomic E-state index is 0.0217. The monoisotopic (exact) mass is 337 g/mol. The molecule has 0 saturated carbocycles. The van der Waals surface area contributed by atoms with E-state index in [0.717, 1.165) is 12.8 Å². The highest BCUT2D eigenvalue weighted by Crippen LogP contribution is 2.32. The number of carbonyl (C=O) groups excluding carboxylic acids is 2. The summed E-state index contributed by atoms with van der Waals surface area (Å²) in [6.07, 6.45) is 1.90. The minimum atomic E-state index is -0.599. The lowest BCUT2D eigenvalue weighted by Gasteiger charge is -2.38. The van der Waals surface area contributed by atoms with E-state index in [1.807, 2.05) is 35.2 Å². The molecule has 1 aliphatic rings. The van der Waals surface area contributed by atoms with E-state index in [2.05, 4.69) is 29.6 Å². The molecule has 0 fully saturated rings. The number of nitrogens with two attached hydrogens (primary N) is 1. The zero-order valence-corrected chi connectivity index (χ0v) is 14.2. The van der Waals surface area contributed by atoms with Crippen molar-refractivity contribution in [2.24, 2.45) is 5.73 Å². The predicted molar refractivity (Wildman–Crippen MR) is 96.9 cm³/mol. The number of urea groups is 1. The number of hydrogen-bond acceptors (Lipinski definition) is 2. The van der Waals surface area contributed by atoms with Crippen molar-refractivity contribution in [2.45, 2.75) is 25.3 Å². The van der Waals surface area contributed by atoms with Gasteiger partial charge in [0.05, 0.1) is 6.04 Å². The van der Waals surface area contributed by atoms with Crippen LogP contribution in [0.3, 0.4) is 0 Å². The van der Waals surface area contributed by atoms with Gasteiger partial charge in [-0.1, -0.05) is 54.6 Å². The van der Waals surface area contributed by atoms with E-state index in [4.69, 9.17) is 5.73 Å². The smallest absolute Gasteiger partial charge is 0.312 e. The number of hydrogen-bond donors (Lipinski definition) is 2. The van der Waals surface area contributed by atoms with Gasteiger partial charge in [0.2, 0.25) is 5.91 Å². The molecule has 1 heterocycles. The van der Waals surface area contributed by atoms with Crippen LogP contribution in [0.25, 0.3) is 0 Å². The van der Waals surface area contributed by atoms with Gasteiger partial charge in [0, 0.05) is 19.5 Å². The molecule has 3 amide bonds. The van der Waals surface area contributed by atoms with Gasteiger partial charge in [-0.05, 0) is 29.5 Å². The van der Waals surface area contributed by atoms with Gasteiger partial charge in [0.1, 0.15) is 0 Å². The lowest BCUT2D eigenvalue weighted by Crippen LogP contribution is -2.42. The molecule has 5 nitrogen and oxygen atoms in total. The molecule has 0 bridgehead atoms. The molecule has 5 heteroatoms. The van der Waals surface area contributed by atoms with Gasteiger partial charge in [-0.2, -0.15) is 0 Å². The first-order chi connectivity index (χ1) is 12.1. The fourth-order valence-corrected chi connectivity index (χ4v) is 3.44. The summed E-state index contributed by atoms with van der Waals surface area (Å²) >= 11 is 0. The number of amides is 3. The zero-order valence-electron chi connectivity index (χ0n) is 14.2. The minimum Gasteiger partial charge on any atom is -0.352 e. The average Bonchev–Trinajstić information content (AvgIpc) is 2.62. The Morgan fingerprint density at radius 1 is 1.08 bits per heavy atom. The van der Waals surface area contributed by atoms with E-state index >= 15 is 0 Å². The third-order valence-electron chi connectivity index (χ3n) is 4.64. The van der Waals surface area contributed by atoms with Crippen LogP contribution in [0.2, 0.25) is 0 Å². The molecule has 3 rings (SSSR count). The molecule has 25 heavy (non-hydrogen) atoms. The highest BCUT2D eigenvalue weighted by Gasteiger charge is 2.30. The molecule has 0 aromatic heterocycles. The van der Waals surface area contributed by atoms with Crippen LogP contribution in [0.15, 0.2) is 54.6 Å². The fourth-order valence-electron chi connectivity index (χ4n) is 3.44. The van der Waals surface area contributed by atoms with Gasteiger partial charge in [-0.3, -0.25) is 4.79 Å². The van der Waals surface area contributed by atoms with E-state index in [0.29, 0.717) is 6.54 Å². The molecule has 0 radical (unpaired) electrons. The standard InChI is InChI=1S/C20H23N3O2/c21-20(25)22-12-10-19(24)23-13-11-16-8-4-5-9-17(16)18(23)14-15-6-2-1-3-7-15/h1-9,18H,10-14H2,(H3,21,22,25)/t18-/m1/s1. The van der Waals surface area contributed by atoms with Gasteiger partial charge < -0.3 is 16.0 Å². The van der Waals surface area contributed by atoms with Crippen LogP contribution in [-0.2, 0) is 17.6 Å². The normalized spacial score (nSPS) is 16.2. The summed E-state index contributed by atoms with van der Waals surface area (Å²) in [5.41, 5.74) is 8.81. The van der Waals surface area contributed by atoms with E-state index < -0.39 is 6.03 Å². The van der Waals surface area contributed by atoms with Crippen molar-refractivity contribution in [3.05, 3.63) is 71.3 Å². The maximum absolute atomic E-state index is 12.7. The van der Waals surface area contributed by atoms with Gasteiger partial charge in [-0.25, -0.2) is 4.79 Å². The number of primary amides is 1. The summed E-state index contributed by atoms with van der Waals surface area (Å²) in [7, 11) is 0. The number of benzene rings is 2. The Morgan fingerprint density at radius 3 is 2.56 bits per heavy atom. The van der Waals surface area contributed by atoms with Gasteiger partial charge >= 0.3 is 6.03 Å². The summed E-state index contributed by atoms with van der Waals surface area (Å²) in [6, 6.07) is 18.0. The molecule has 0 aliphatic carbocycles. The quantitative estimate of drug-likeness (QED) is 0.879. The summed E-state index contributed by atoms with van der Waals surface area (Å²) in [4.78, 5) is 25.5. The van der Waals surface area contributed by atoms with Crippen LogP contribution in [0.4, 0.5) is 4.79 Å². The second-order valence-electron chi connectivity index (χ2n) is 6.28. The molecule has 0 spiro atoms. The maximum Gasteiger partial charge on any atom is 0.312 e. The van der Waals surface area contributed by atoms with Crippen LogP contribution in [-0.4, -0.2) is 29.9 Å². The van der Waals surface area contributed by atoms with E-state index in [1.54, 1.807) is 0 Å². The molecule has 2 aromatic carbocycles. The molecule has 0 saturated heterocycles. The number of fused-ring (bicyclic) bond motifs is 1. The van der Waals surface area contributed by atoms with Crippen LogP contribution in [0.1, 0.15) is 29.2 Å². The van der Waals surface area contributed by atoms with Crippen LogP contribution in [0, 0.1) is 0 Å². The largest absolute Gasteiger partial charge is 0.352 e. The first-order valence-electron chi connectivity index (χ1n) is 8.59. The van der Waals surface area contributed by atoms with Crippen molar-refractivity contribution in [1.29, 1.82) is 0 Å². The van der Waals surface area contributed by atoms with Crippen molar-refractivity contribution in [1.82, 2.24) is 10.2 Å². The first-order valence-corrected chi connectivity index (χ1v) is 8.59. The molecule has 0 unspecified atom stereocenters. The topological polar surface area (TPSA) is 75.4 Å². The van der Waals surface area contributed by atoms with E-state index in [-0.39, 0.29) is 24.9 Å². The van der Waals surface area contributed by atoms with Gasteiger partial charge in [0.15, 0.2) is 0 Å². The molecular formula is C20H23N3O2. The Morgan fingerprint density at radius 2 is 1.80 bits per heavy atom. The highest BCUT2D eigenvalue weighted by molar-refractivity contribution is 5.78. The number of nitrogens with one attached hydrogen (secondary N) is 1. The number of rotatable bonds is 5. The van der Waals surface area contributed by atoms with Crippen LogP contribution in [0.5, 0.6) is 0 Å². The maximum atomic E-state index is 12.7. The molecule has 2 aromatic rings. The lowest BCUT2D eigenvalue weighted by atomic mass is 9.88. The Labute approximate surface area is 147 Å². The van der Waals surface area contributed by atoms with Crippen molar-refractivity contribution in [3.8, 4) is 0 Å². The van der Waals surface area contributed by atoms with Crippen LogP contribution < -0.4 is 11.1 Å². The third-order valence-corrected chi connectivity index (χ3v) is 4.64. The fraction of sp³-hybridized carbons (Fsp3) is 0.300. The summed E-state index contributed by atoms with van der Waals surface area (Å²) in [5, 5.41) is 2.49. The van der Waals surface area contributed by atoms with Crippen molar-refractivity contribution in [3.63, 3.8) is 0 Å². The Balaban J connectivity index is 1.81. The highest BCUT2D eigenvalue weighted by atomic mass is 16.2. The lowest BCUT2D eigenvalue weighted by molar-refractivity contribution is -0.134. The second kappa shape index (κ2) is 7.83. The summed E-state index contributed by atoms with van der Waals surface area (Å²) in [5.74, 6) is 0.0455. The number of nitrogens with zero attached hydrogens (tertiary/aromatic N) is 1. The predicted octanol–water partition coefficient (Wildman–Crippen LogP) is 2.41. The van der Waals surface area contributed by atoms with Crippen molar-refractivity contribution >= 4 is 11.9 Å². The summed E-state index contributed by atoms with van der Waals surface area (Å²) < 4.78 is 0. The molecule has 1 atom stereocenters. The second-order valence-corrected chi connectivity index (χ2v) is 6.28. The first kappa shape index (κ1) is 17.0. The molecule has 1 aliphatic heterocycles.